The maximum Gasteiger partial charge on any atom is 0.252 e. The molecule has 0 aliphatic rings. The molecule has 1 aromatic heterocycles. The van der Waals surface area contributed by atoms with Crippen LogP contribution in [-0.2, 0) is 6.42 Å². The summed E-state index contributed by atoms with van der Waals surface area (Å²) in [5.41, 5.74) is 1.73. The van der Waals surface area contributed by atoms with Crippen LogP contribution in [0.15, 0.2) is 35.3 Å². The molecule has 0 saturated carbocycles. The summed E-state index contributed by atoms with van der Waals surface area (Å²) in [5.74, 6) is 0. The smallest absolute Gasteiger partial charge is 0.252 e. The van der Waals surface area contributed by atoms with Crippen molar-refractivity contribution in [3.63, 3.8) is 0 Å². The van der Waals surface area contributed by atoms with Gasteiger partial charge in [-0.2, -0.15) is 5.26 Å². The number of nitrogens with one attached hydrogen (secondary N) is 1. The molecule has 0 aliphatic heterocycles. The van der Waals surface area contributed by atoms with Crippen molar-refractivity contribution in [2.24, 2.45) is 0 Å². The van der Waals surface area contributed by atoms with Crippen LogP contribution in [0.1, 0.15) is 5.56 Å². The van der Waals surface area contributed by atoms with Gasteiger partial charge in [0.2, 0.25) is 0 Å². The van der Waals surface area contributed by atoms with E-state index in [0.29, 0.717) is 15.6 Å². The summed E-state index contributed by atoms with van der Waals surface area (Å²) in [6.45, 7) is 0. The van der Waals surface area contributed by atoms with Gasteiger partial charge < -0.3 is 4.98 Å². The maximum atomic E-state index is 11.5. The lowest BCUT2D eigenvalue weighted by Gasteiger charge is -2.04. The van der Waals surface area contributed by atoms with Gasteiger partial charge >= 0.3 is 0 Å². The molecule has 0 unspecified atom stereocenters. The fraction of sp³-hybridized carbons (Fsp3) is 0.0769. The highest BCUT2D eigenvalue weighted by Crippen LogP contribution is 2.26. The second-order valence-corrected chi connectivity index (χ2v) is 4.61. The van der Waals surface area contributed by atoms with Crippen molar-refractivity contribution in [1.82, 2.24) is 4.98 Å². The molecule has 90 valence electrons. The fourth-order valence-electron chi connectivity index (χ4n) is 1.63. The van der Waals surface area contributed by atoms with Gasteiger partial charge in [-0.25, -0.2) is 0 Å². The van der Waals surface area contributed by atoms with E-state index in [2.05, 4.69) is 4.98 Å². The molecule has 2 rings (SSSR count). The van der Waals surface area contributed by atoms with Crippen LogP contribution in [-0.4, -0.2) is 4.98 Å². The van der Waals surface area contributed by atoms with Crippen molar-refractivity contribution in [3.8, 4) is 17.2 Å². The van der Waals surface area contributed by atoms with Gasteiger partial charge in [0.25, 0.3) is 5.56 Å². The molecule has 0 bridgehead atoms. The van der Waals surface area contributed by atoms with Gasteiger partial charge in [0.15, 0.2) is 0 Å². The molecule has 0 atom stereocenters. The fourth-order valence-corrected chi connectivity index (χ4v) is 2.16. The van der Waals surface area contributed by atoms with Crippen LogP contribution in [0.4, 0.5) is 0 Å². The third-order valence-electron chi connectivity index (χ3n) is 2.45. The molecule has 0 fully saturated rings. The molecule has 0 spiro atoms. The number of nitriles is 1. The first kappa shape index (κ1) is 12.7. The Bertz CT molecular complexity index is 666. The lowest BCUT2D eigenvalue weighted by Crippen LogP contribution is -2.11. The monoisotopic (exact) mass is 278 g/mol. The minimum absolute atomic E-state index is 0.0669. The Morgan fingerprint density at radius 3 is 2.39 bits per heavy atom. The Hall–Kier alpha value is -1.76. The first-order valence-electron chi connectivity index (χ1n) is 5.15. The van der Waals surface area contributed by atoms with Gasteiger partial charge in [0.05, 0.1) is 12.5 Å². The molecule has 3 nitrogen and oxygen atoms in total. The molecule has 1 N–H and O–H groups in total. The molecule has 1 heterocycles. The molecular weight excluding hydrogens is 271 g/mol. The van der Waals surface area contributed by atoms with Crippen molar-refractivity contribution < 1.29 is 0 Å². The zero-order valence-corrected chi connectivity index (χ0v) is 10.7. The van der Waals surface area contributed by atoms with Gasteiger partial charge in [0.1, 0.15) is 0 Å². The molecule has 5 heteroatoms. The average Bonchev–Trinajstić information content (AvgIpc) is 2.31. The normalized spacial score (nSPS) is 10.1. The third-order valence-corrected chi connectivity index (χ3v) is 2.88. The third kappa shape index (κ3) is 2.73. The molecule has 0 radical (unpaired) electrons. The largest absolute Gasteiger partial charge is 0.328 e. The van der Waals surface area contributed by atoms with E-state index in [9.17, 15) is 4.79 Å². The van der Waals surface area contributed by atoms with Crippen molar-refractivity contribution in [2.75, 3.05) is 0 Å². The van der Waals surface area contributed by atoms with Crippen molar-refractivity contribution in [1.29, 1.82) is 5.26 Å². The predicted octanol–water partition coefficient (Wildman–Crippen LogP) is 3.41. The average molecular weight is 279 g/mol. The quantitative estimate of drug-likeness (QED) is 0.915. The van der Waals surface area contributed by atoms with Gasteiger partial charge in [-0.15, -0.1) is 0 Å². The SMILES string of the molecule is N#CCc1cc(-c2cc(Cl)cc(Cl)c2)c[nH]c1=O. The first-order chi connectivity index (χ1) is 8.60. The summed E-state index contributed by atoms with van der Waals surface area (Å²) in [4.78, 5) is 14.1. The molecule has 1 aromatic carbocycles. The minimum Gasteiger partial charge on any atom is -0.328 e. The van der Waals surface area contributed by atoms with E-state index in [1.807, 2.05) is 6.07 Å². The minimum atomic E-state index is -0.256. The van der Waals surface area contributed by atoms with Crippen LogP contribution in [0.5, 0.6) is 0 Å². The zero-order chi connectivity index (χ0) is 13.1. The number of H-pyrrole nitrogens is 1. The number of aromatic amines is 1. The van der Waals surface area contributed by atoms with Crippen LogP contribution in [0.25, 0.3) is 11.1 Å². The zero-order valence-electron chi connectivity index (χ0n) is 9.21. The van der Waals surface area contributed by atoms with Crippen LogP contribution in [0.2, 0.25) is 10.0 Å². The van der Waals surface area contributed by atoms with E-state index in [0.717, 1.165) is 11.1 Å². The van der Waals surface area contributed by atoms with Crippen LogP contribution in [0.3, 0.4) is 0 Å². The number of benzene rings is 1. The van der Waals surface area contributed by atoms with Gasteiger partial charge in [-0.05, 0) is 35.4 Å². The predicted molar refractivity (Wildman–Crippen MR) is 71.8 cm³/mol. The van der Waals surface area contributed by atoms with Gasteiger partial charge in [0, 0.05) is 21.8 Å². The Kier molecular flexibility index (Phi) is 3.71. The Morgan fingerprint density at radius 1 is 1.11 bits per heavy atom. The number of aromatic nitrogens is 1. The lowest BCUT2D eigenvalue weighted by atomic mass is 10.1. The Morgan fingerprint density at radius 2 is 1.78 bits per heavy atom. The summed E-state index contributed by atoms with van der Waals surface area (Å²) < 4.78 is 0. The van der Waals surface area contributed by atoms with Crippen molar-refractivity contribution >= 4 is 23.2 Å². The molecule has 0 amide bonds. The van der Waals surface area contributed by atoms with Crippen molar-refractivity contribution in [3.05, 3.63) is 56.4 Å². The highest BCUT2D eigenvalue weighted by atomic mass is 35.5. The van der Waals surface area contributed by atoms with Crippen LogP contribution >= 0.6 is 23.2 Å². The van der Waals surface area contributed by atoms with Gasteiger partial charge in [-0.3, -0.25) is 4.79 Å². The Labute approximate surface area is 114 Å². The highest BCUT2D eigenvalue weighted by molar-refractivity contribution is 6.35. The van der Waals surface area contributed by atoms with E-state index < -0.39 is 0 Å². The number of hydrogen-bond acceptors (Lipinski definition) is 2. The van der Waals surface area contributed by atoms with Crippen LogP contribution in [0, 0.1) is 11.3 Å². The number of rotatable bonds is 2. The summed E-state index contributed by atoms with van der Waals surface area (Å²) >= 11 is 11.8. The second-order valence-electron chi connectivity index (χ2n) is 3.74. The first-order valence-corrected chi connectivity index (χ1v) is 5.91. The summed E-state index contributed by atoms with van der Waals surface area (Å²) in [7, 11) is 0. The standard InChI is InChI=1S/C13H8Cl2N2O/c14-11-4-9(5-12(15)6-11)10-3-8(1-2-16)13(18)17-7-10/h3-7H,1H2,(H,17,18). The molecule has 2 aromatic rings. The summed E-state index contributed by atoms with van der Waals surface area (Å²) in [6.07, 6.45) is 1.64. The van der Waals surface area contributed by atoms with E-state index in [1.165, 1.54) is 0 Å². The molecule has 0 saturated heterocycles. The number of hydrogen-bond donors (Lipinski definition) is 1. The lowest BCUT2D eigenvalue weighted by molar-refractivity contribution is 1.13. The van der Waals surface area contributed by atoms with E-state index in [-0.39, 0.29) is 12.0 Å². The summed E-state index contributed by atoms with van der Waals surface area (Å²) in [6, 6.07) is 8.75. The van der Waals surface area contributed by atoms with E-state index in [4.69, 9.17) is 28.5 Å². The Balaban J connectivity index is 2.54. The van der Waals surface area contributed by atoms with Crippen LogP contribution < -0.4 is 5.56 Å². The number of nitrogens with zero attached hydrogens (tertiary/aromatic N) is 1. The molecular formula is C13H8Cl2N2O. The second kappa shape index (κ2) is 5.26. The number of pyridine rings is 1. The molecule has 0 aliphatic carbocycles. The van der Waals surface area contributed by atoms with Crippen molar-refractivity contribution in [2.45, 2.75) is 6.42 Å². The number of halogens is 2. The highest BCUT2D eigenvalue weighted by Gasteiger charge is 2.05. The van der Waals surface area contributed by atoms with E-state index >= 15 is 0 Å². The van der Waals surface area contributed by atoms with E-state index in [1.54, 1.807) is 30.5 Å². The van der Waals surface area contributed by atoms with Gasteiger partial charge in [-0.1, -0.05) is 23.2 Å². The summed E-state index contributed by atoms with van der Waals surface area (Å²) in [5, 5.41) is 9.69. The topological polar surface area (TPSA) is 56.6 Å². The maximum absolute atomic E-state index is 11.5. The molecule has 18 heavy (non-hydrogen) atoms.